The zero-order chi connectivity index (χ0) is 13.4. The molecular formula is C14H24N4S. The maximum absolute atomic E-state index is 6.21. The summed E-state index contributed by atoms with van der Waals surface area (Å²) >= 11 is 1.84. The number of hydrogen-bond donors (Lipinski definition) is 1. The third-order valence-corrected chi connectivity index (χ3v) is 5.79. The van der Waals surface area contributed by atoms with Gasteiger partial charge in [0.1, 0.15) is 0 Å². The van der Waals surface area contributed by atoms with Crippen LogP contribution in [-0.4, -0.2) is 42.6 Å². The molecular weight excluding hydrogens is 256 g/mol. The van der Waals surface area contributed by atoms with Crippen LogP contribution in [0.2, 0.25) is 0 Å². The molecule has 1 saturated heterocycles. The number of piperazine rings is 1. The molecule has 2 N–H and O–H groups in total. The number of aromatic nitrogens is 1. The van der Waals surface area contributed by atoms with Crippen molar-refractivity contribution >= 4 is 16.5 Å². The SMILES string of the molecule is CCC1CN(c2nc3c(s2)C(N)CCC3)CCN1C. The quantitative estimate of drug-likeness (QED) is 0.900. The van der Waals surface area contributed by atoms with Gasteiger partial charge in [-0.15, -0.1) is 0 Å². The number of fused-ring (bicyclic) bond motifs is 1. The summed E-state index contributed by atoms with van der Waals surface area (Å²) in [5.74, 6) is 0. The lowest BCUT2D eigenvalue weighted by Crippen LogP contribution is -2.51. The predicted molar refractivity (Wildman–Crippen MR) is 80.9 cm³/mol. The number of nitrogens with two attached hydrogens (primary N) is 1. The van der Waals surface area contributed by atoms with Gasteiger partial charge in [-0.25, -0.2) is 4.98 Å². The van der Waals surface area contributed by atoms with Crippen LogP contribution >= 0.6 is 11.3 Å². The van der Waals surface area contributed by atoms with E-state index in [1.54, 1.807) is 0 Å². The predicted octanol–water partition coefficient (Wildman–Crippen LogP) is 2.01. The van der Waals surface area contributed by atoms with Crippen LogP contribution in [0.5, 0.6) is 0 Å². The fourth-order valence-corrected chi connectivity index (χ4v) is 4.32. The van der Waals surface area contributed by atoms with E-state index < -0.39 is 0 Å². The average molecular weight is 280 g/mol. The molecule has 3 rings (SSSR count). The summed E-state index contributed by atoms with van der Waals surface area (Å²) < 4.78 is 0. The van der Waals surface area contributed by atoms with Crippen LogP contribution in [0.1, 0.15) is 42.8 Å². The highest BCUT2D eigenvalue weighted by Crippen LogP contribution is 2.36. The lowest BCUT2D eigenvalue weighted by molar-refractivity contribution is 0.213. The summed E-state index contributed by atoms with van der Waals surface area (Å²) in [4.78, 5) is 11.1. The number of thiazole rings is 1. The fraction of sp³-hybridized carbons (Fsp3) is 0.786. The Bertz CT molecular complexity index is 445. The van der Waals surface area contributed by atoms with Crippen LogP contribution in [0, 0.1) is 0 Å². The Hall–Kier alpha value is -0.650. The maximum Gasteiger partial charge on any atom is 0.185 e. The van der Waals surface area contributed by atoms with E-state index in [-0.39, 0.29) is 6.04 Å². The minimum Gasteiger partial charge on any atom is -0.345 e. The van der Waals surface area contributed by atoms with Crippen LogP contribution < -0.4 is 10.6 Å². The van der Waals surface area contributed by atoms with Gasteiger partial charge in [-0.05, 0) is 32.7 Å². The van der Waals surface area contributed by atoms with E-state index in [4.69, 9.17) is 10.7 Å². The Morgan fingerprint density at radius 2 is 2.26 bits per heavy atom. The van der Waals surface area contributed by atoms with Crippen molar-refractivity contribution in [1.82, 2.24) is 9.88 Å². The highest BCUT2D eigenvalue weighted by Gasteiger charge is 2.28. The Morgan fingerprint density at radius 1 is 1.42 bits per heavy atom. The van der Waals surface area contributed by atoms with Gasteiger partial charge in [0.15, 0.2) is 5.13 Å². The number of rotatable bonds is 2. The zero-order valence-corrected chi connectivity index (χ0v) is 12.7. The molecule has 2 aliphatic rings. The largest absolute Gasteiger partial charge is 0.345 e. The summed E-state index contributed by atoms with van der Waals surface area (Å²) in [6.45, 7) is 5.60. The van der Waals surface area contributed by atoms with Crippen molar-refractivity contribution in [2.24, 2.45) is 5.73 Å². The van der Waals surface area contributed by atoms with Crippen LogP contribution in [0.3, 0.4) is 0 Å². The van der Waals surface area contributed by atoms with Gasteiger partial charge in [0.2, 0.25) is 0 Å². The van der Waals surface area contributed by atoms with Crippen molar-refractivity contribution in [3.63, 3.8) is 0 Å². The summed E-state index contributed by atoms with van der Waals surface area (Å²) in [7, 11) is 2.23. The number of anilines is 1. The highest BCUT2D eigenvalue weighted by molar-refractivity contribution is 7.15. The Morgan fingerprint density at radius 3 is 3.00 bits per heavy atom. The van der Waals surface area contributed by atoms with E-state index in [2.05, 4.69) is 23.8 Å². The molecule has 1 aliphatic carbocycles. The first-order chi connectivity index (χ1) is 9.19. The molecule has 1 aromatic rings. The number of nitrogens with zero attached hydrogens (tertiary/aromatic N) is 3. The summed E-state index contributed by atoms with van der Waals surface area (Å²) in [6, 6.07) is 0.882. The van der Waals surface area contributed by atoms with Gasteiger partial charge >= 0.3 is 0 Å². The highest BCUT2D eigenvalue weighted by atomic mass is 32.1. The van der Waals surface area contributed by atoms with E-state index in [0.717, 1.165) is 32.5 Å². The van der Waals surface area contributed by atoms with Crippen molar-refractivity contribution in [2.75, 3.05) is 31.6 Å². The second-order valence-electron chi connectivity index (χ2n) is 5.79. The molecule has 1 fully saturated rings. The molecule has 2 atom stereocenters. The standard InChI is InChI=1S/C14H24N4S/c1-3-10-9-18(8-7-17(10)2)14-16-12-6-4-5-11(15)13(12)19-14/h10-11H,3-9,15H2,1-2H3. The molecule has 1 aromatic heterocycles. The van der Waals surface area contributed by atoms with E-state index in [1.807, 2.05) is 11.3 Å². The molecule has 0 bridgehead atoms. The first kappa shape index (κ1) is 13.3. The van der Waals surface area contributed by atoms with Crippen molar-refractivity contribution in [3.05, 3.63) is 10.6 Å². The lowest BCUT2D eigenvalue weighted by atomic mass is 9.99. The lowest BCUT2D eigenvalue weighted by Gasteiger charge is -2.39. The summed E-state index contributed by atoms with van der Waals surface area (Å²) in [5, 5.41) is 1.20. The van der Waals surface area contributed by atoms with Crippen LogP contribution in [0.25, 0.3) is 0 Å². The second kappa shape index (κ2) is 5.38. The molecule has 2 heterocycles. The monoisotopic (exact) mass is 280 g/mol. The van der Waals surface area contributed by atoms with Gasteiger partial charge in [-0.3, -0.25) is 4.90 Å². The Labute approximate surface area is 119 Å². The van der Waals surface area contributed by atoms with Gasteiger partial charge in [0.25, 0.3) is 0 Å². The summed E-state index contributed by atoms with van der Waals surface area (Å²) in [6.07, 6.45) is 4.63. The smallest absolute Gasteiger partial charge is 0.185 e. The van der Waals surface area contributed by atoms with Crippen molar-refractivity contribution in [3.8, 4) is 0 Å². The molecule has 0 radical (unpaired) electrons. The molecule has 0 spiro atoms. The summed E-state index contributed by atoms with van der Waals surface area (Å²) in [5.41, 5.74) is 7.48. The van der Waals surface area contributed by atoms with E-state index >= 15 is 0 Å². The second-order valence-corrected chi connectivity index (χ2v) is 6.80. The first-order valence-corrected chi connectivity index (χ1v) is 8.21. The third kappa shape index (κ3) is 2.51. The van der Waals surface area contributed by atoms with Gasteiger partial charge in [-0.2, -0.15) is 0 Å². The zero-order valence-electron chi connectivity index (χ0n) is 11.9. The van der Waals surface area contributed by atoms with Crippen molar-refractivity contribution in [1.29, 1.82) is 0 Å². The molecule has 0 saturated carbocycles. The third-order valence-electron chi connectivity index (χ3n) is 4.50. The van der Waals surface area contributed by atoms with Gasteiger partial charge in [-0.1, -0.05) is 18.3 Å². The molecule has 2 unspecified atom stereocenters. The van der Waals surface area contributed by atoms with E-state index in [1.165, 1.54) is 28.5 Å². The molecule has 0 amide bonds. The van der Waals surface area contributed by atoms with Crippen LogP contribution in [-0.2, 0) is 6.42 Å². The van der Waals surface area contributed by atoms with Crippen LogP contribution in [0.15, 0.2) is 0 Å². The molecule has 1 aliphatic heterocycles. The minimum absolute atomic E-state index is 0.226. The molecule has 19 heavy (non-hydrogen) atoms. The number of likely N-dealkylation sites (N-methyl/N-ethyl adjacent to an activating group) is 1. The molecule has 5 heteroatoms. The average Bonchev–Trinajstić information content (AvgIpc) is 2.85. The van der Waals surface area contributed by atoms with Crippen LogP contribution in [0.4, 0.5) is 5.13 Å². The topological polar surface area (TPSA) is 45.4 Å². The fourth-order valence-electron chi connectivity index (χ4n) is 3.14. The van der Waals surface area contributed by atoms with E-state index in [9.17, 15) is 0 Å². The van der Waals surface area contributed by atoms with Gasteiger partial charge in [0.05, 0.1) is 5.69 Å². The van der Waals surface area contributed by atoms with Crippen molar-refractivity contribution in [2.45, 2.75) is 44.7 Å². The van der Waals surface area contributed by atoms with E-state index in [0.29, 0.717) is 6.04 Å². The normalized spacial score (nSPS) is 28.5. The first-order valence-electron chi connectivity index (χ1n) is 7.39. The Balaban J connectivity index is 1.79. The number of aryl methyl sites for hydroxylation is 1. The van der Waals surface area contributed by atoms with Crippen molar-refractivity contribution < 1.29 is 0 Å². The van der Waals surface area contributed by atoms with Gasteiger partial charge in [0, 0.05) is 36.6 Å². The Kier molecular flexibility index (Phi) is 3.78. The molecule has 106 valence electrons. The minimum atomic E-state index is 0.226. The maximum atomic E-state index is 6.21. The molecule has 4 nitrogen and oxygen atoms in total. The van der Waals surface area contributed by atoms with Gasteiger partial charge < -0.3 is 10.6 Å². The molecule has 0 aromatic carbocycles. The number of hydrogen-bond acceptors (Lipinski definition) is 5.